The number of halogens is 1. The molecule has 0 aliphatic carbocycles. The quantitative estimate of drug-likeness (QED) is 0.534. The van der Waals surface area contributed by atoms with Gasteiger partial charge in [0.2, 0.25) is 5.90 Å². The molecule has 3 nitrogen and oxygen atoms in total. The lowest BCUT2D eigenvalue weighted by molar-refractivity contribution is -0.129. The second-order valence-corrected chi connectivity index (χ2v) is 7.54. The molecule has 122 valence electrons. The second kappa shape index (κ2) is 6.36. The van der Waals surface area contributed by atoms with Crippen LogP contribution < -0.4 is 0 Å². The van der Waals surface area contributed by atoms with Crippen molar-refractivity contribution in [1.82, 2.24) is 0 Å². The summed E-state index contributed by atoms with van der Waals surface area (Å²) in [6, 6.07) is 15.6. The van der Waals surface area contributed by atoms with Gasteiger partial charge in [0, 0.05) is 10.0 Å². The average Bonchev–Trinajstić information content (AvgIpc) is 2.90. The highest BCUT2D eigenvalue weighted by Gasteiger charge is 2.24. The standard InChI is InChI=1S/C20H18BrNO2/c1-20(2,3)15-10-8-13(9-11-15)18-22-17(19(23)24-18)12-14-6-4-5-7-16(14)21/h4-12H,1-3H3. The topological polar surface area (TPSA) is 38.7 Å². The summed E-state index contributed by atoms with van der Waals surface area (Å²) in [6.07, 6.45) is 1.73. The van der Waals surface area contributed by atoms with Crippen LogP contribution in [0.2, 0.25) is 0 Å². The van der Waals surface area contributed by atoms with Gasteiger partial charge in [-0.05, 0) is 40.8 Å². The Bertz CT molecular complexity index is 843. The van der Waals surface area contributed by atoms with E-state index in [0.717, 1.165) is 15.6 Å². The molecule has 2 aromatic carbocycles. The second-order valence-electron chi connectivity index (χ2n) is 6.68. The number of aliphatic imine (C=N–C) groups is 1. The van der Waals surface area contributed by atoms with Crippen molar-refractivity contribution in [3.8, 4) is 0 Å². The lowest BCUT2D eigenvalue weighted by Crippen LogP contribution is -2.11. The minimum absolute atomic E-state index is 0.0807. The first-order chi connectivity index (χ1) is 11.3. The van der Waals surface area contributed by atoms with Gasteiger partial charge >= 0.3 is 5.97 Å². The van der Waals surface area contributed by atoms with Crippen LogP contribution in [0.4, 0.5) is 0 Å². The number of nitrogens with zero attached hydrogens (tertiary/aromatic N) is 1. The van der Waals surface area contributed by atoms with Crippen molar-refractivity contribution in [3.63, 3.8) is 0 Å². The van der Waals surface area contributed by atoms with Gasteiger partial charge in [-0.2, -0.15) is 0 Å². The number of benzene rings is 2. The van der Waals surface area contributed by atoms with E-state index in [-0.39, 0.29) is 5.41 Å². The van der Waals surface area contributed by atoms with Crippen molar-refractivity contribution in [2.24, 2.45) is 4.99 Å². The average molecular weight is 384 g/mol. The number of cyclic esters (lactones) is 1. The molecule has 0 amide bonds. The van der Waals surface area contributed by atoms with Crippen LogP contribution in [0.3, 0.4) is 0 Å². The fourth-order valence-electron chi connectivity index (χ4n) is 2.38. The summed E-state index contributed by atoms with van der Waals surface area (Å²) in [5.74, 6) is -0.0839. The van der Waals surface area contributed by atoms with Crippen molar-refractivity contribution < 1.29 is 9.53 Å². The third-order valence-corrected chi connectivity index (χ3v) is 4.54. The molecule has 3 rings (SSSR count). The maximum Gasteiger partial charge on any atom is 0.363 e. The van der Waals surface area contributed by atoms with Crippen molar-refractivity contribution >= 4 is 33.9 Å². The molecule has 0 unspecified atom stereocenters. The van der Waals surface area contributed by atoms with Crippen LogP contribution in [0, 0.1) is 0 Å². The molecule has 4 heteroatoms. The minimum atomic E-state index is -0.430. The van der Waals surface area contributed by atoms with Gasteiger partial charge in [0.15, 0.2) is 5.70 Å². The van der Waals surface area contributed by atoms with Crippen LogP contribution in [0.1, 0.15) is 37.5 Å². The largest absolute Gasteiger partial charge is 0.402 e. The smallest absolute Gasteiger partial charge is 0.363 e. The molecule has 0 atom stereocenters. The molecule has 0 fully saturated rings. The molecule has 0 spiro atoms. The molecule has 0 aromatic heterocycles. The Morgan fingerprint density at radius 3 is 2.33 bits per heavy atom. The number of hydrogen-bond acceptors (Lipinski definition) is 3. The zero-order valence-electron chi connectivity index (χ0n) is 13.8. The molecule has 24 heavy (non-hydrogen) atoms. The van der Waals surface area contributed by atoms with Crippen molar-refractivity contribution in [2.45, 2.75) is 26.2 Å². The predicted octanol–water partition coefficient (Wildman–Crippen LogP) is 5.09. The molecule has 0 bridgehead atoms. The lowest BCUT2D eigenvalue weighted by Gasteiger charge is -2.18. The van der Waals surface area contributed by atoms with Crippen molar-refractivity contribution in [2.75, 3.05) is 0 Å². The molecule has 1 heterocycles. The summed E-state index contributed by atoms with van der Waals surface area (Å²) >= 11 is 3.46. The molecule has 1 aliphatic heterocycles. The molecule has 0 N–H and O–H groups in total. The van der Waals surface area contributed by atoms with Crippen LogP contribution in [-0.4, -0.2) is 11.9 Å². The van der Waals surface area contributed by atoms with Crippen molar-refractivity contribution in [3.05, 3.63) is 75.4 Å². The third-order valence-electron chi connectivity index (χ3n) is 3.82. The van der Waals surface area contributed by atoms with Gasteiger partial charge in [-0.3, -0.25) is 0 Å². The van der Waals surface area contributed by atoms with E-state index < -0.39 is 5.97 Å². The highest BCUT2D eigenvalue weighted by atomic mass is 79.9. The van der Waals surface area contributed by atoms with Gasteiger partial charge in [-0.25, -0.2) is 9.79 Å². The third kappa shape index (κ3) is 3.49. The van der Waals surface area contributed by atoms with E-state index in [9.17, 15) is 4.79 Å². The number of hydrogen-bond donors (Lipinski definition) is 0. The summed E-state index contributed by atoms with van der Waals surface area (Å²) in [5, 5.41) is 0. The molecule has 2 aromatic rings. The van der Waals surface area contributed by atoms with E-state index >= 15 is 0 Å². The van der Waals surface area contributed by atoms with Gasteiger partial charge in [-0.1, -0.05) is 67.0 Å². The Morgan fingerprint density at radius 2 is 1.71 bits per heavy atom. The number of ether oxygens (including phenoxy) is 1. The lowest BCUT2D eigenvalue weighted by atomic mass is 9.87. The van der Waals surface area contributed by atoms with Gasteiger partial charge in [0.1, 0.15) is 0 Å². The van der Waals surface area contributed by atoms with E-state index in [1.165, 1.54) is 5.56 Å². The maximum absolute atomic E-state index is 12.1. The summed E-state index contributed by atoms with van der Waals surface area (Å²) in [7, 11) is 0. The monoisotopic (exact) mass is 383 g/mol. The maximum atomic E-state index is 12.1. The van der Waals surface area contributed by atoms with E-state index in [2.05, 4.69) is 41.7 Å². The Balaban J connectivity index is 1.91. The first kappa shape index (κ1) is 16.7. The van der Waals surface area contributed by atoms with E-state index in [4.69, 9.17) is 4.74 Å². The molecular formula is C20H18BrNO2. The molecule has 0 saturated carbocycles. The fourth-order valence-corrected chi connectivity index (χ4v) is 2.78. The van der Waals surface area contributed by atoms with E-state index in [1.807, 2.05) is 48.5 Å². The van der Waals surface area contributed by atoms with Crippen molar-refractivity contribution in [1.29, 1.82) is 0 Å². The fraction of sp³-hybridized carbons (Fsp3) is 0.200. The van der Waals surface area contributed by atoms with Crippen LogP contribution in [0.25, 0.3) is 6.08 Å². The zero-order chi connectivity index (χ0) is 17.3. The number of carbonyl (C=O) groups is 1. The summed E-state index contributed by atoms with van der Waals surface area (Å²) in [4.78, 5) is 16.4. The summed E-state index contributed by atoms with van der Waals surface area (Å²) < 4.78 is 6.23. The van der Waals surface area contributed by atoms with E-state index in [0.29, 0.717) is 11.6 Å². The normalized spacial score (nSPS) is 16.2. The molecule has 1 aliphatic rings. The number of rotatable bonds is 2. The van der Waals surface area contributed by atoms with Crippen LogP contribution in [0.15, 0.2) is 63.7 Å². The van der Waals surface area contributed by atoms with Gasteiger partial charge in [-0.15, -0.1) is 0 Å². The highest BCUT2D eigenvalue weighted by Crippen LogP contribution is 2.25. The number of esters is 1. The van der Waals surface area contributed by atoms with Crippen LogP contribution in [0.5, 0.6) is 0 Å². The summed E-state index contributed by atoms with van der Waals surface area (Å²) in [5.41, 5.74) is 3.29. The Labute approximate surface area is 150 Å². The van der Waals surface area contributed by atoms with Gasteiger partial charge < -0.3 is 4.74 Å². The SMILES string of the molecule is CC(C)(C)c1ccc(C2=NC(=Cc3ccccc3Br)C(=O)O2)cc1. The Morgan fingerprint density at radius 1 is 1.04 bits per heavy atom. The first-order valence-electron chi connectivity index (χ1n) is 7.72. The minimum Gasteiger partial charge on any atom is -0.402 e. The van der Waals surface area contributed by atoms with E-state index in [1.54, 1.807) is 6.08 Å². The number of carbonyl (C=O) groups excluding carboxylic acids is 1. The van der Waals surface area contributed by atoms with Gasteiger partial charge in [0.25, 0.3) is 0 Å². The first-order valence-corrected chi connectivity index (χ1v) is 8.52. The van der Waals surface area contributed by atoms with Crippen LogP contribution in [-0.2, 0) is 14.9 Å². The highest BCUT2D eigenvalue weighted by molar-refractivity contribution is 9.10. The van der Waals surface area contributed by atoms with Crippen LogP contribution >= 0.6 is 15.9 Å². The Kier molecular flexibility index (Phi) is 4.41. The van der Waals surface area contributed by atoms with Gasteiger partial charge in [0.05, 0.1) is 0 Å². The predicted molar refractivity (Wildman–Crippen MR) is 99.9 cm³/mol. The zero-order valence-corrected chi connectivity index (χ0v) is 15.4. The molecular weight excluding hydrogens is 366 g/mol. The molecule has 0 saturated heterocycles. The summed E-state index contributed by atoms with van der Waals surface area (Å²) in [6.45, 7) is 6.48. The Hall–Kier alpha value is -2.20. The molecule has 0 radical (unpaired) electrons.